The van der Waals surface area contributed by atoms with Gasteiger partial charge in [0.25, 0.3) is 11.8 Å². The molecule has 35 heavy (non-hydrogen) atoms. The lowest BCUT2D eigenvalue weighted by molar-refractivity contribution is 0.0984. The van der Waals surface area contributed by atoms with Crippen molar-refractivity contribution >= 4 is 46.2 Å². The molecular formula is C29H24ClN3O2. The first-order chi connectivity index (χ1) is 16.9. The van der Waals surface area contributed by atoms with Gasteiger partial charge in [0.2, 0.25) is 0 Å². The first kappa shape index (κ1) is 22.7. The number of fused-ring (bicyclic) bond motifs is 2. The number of nitrogens with one attached hydrogen (secondary N) is 2. The van der Waals surface area contributed by atoms with Crippen molar-refractivity contribution in [2.45, 2.75) is 20.4 Å². The van der Waals surface area contributed by atoms with Gasteiger partial charge in [-0.1, -0.05) is 54.1 Å². The third-order valence-electron chi connectivity index (χ3n) is 6.36. The van der Waals surface area contributed by atoms with Crippen LogP contribution in [-0.4, -0.2) is 11.8 Å². The Labute approximate surface area is 209 Å². The van der Waals surface area contributed by atoms with E-state index in [0.29, 0.717) is 23.4 Å². The molecule has 1 aliphatic heterocycles. The Bertz CT molecular complexity index is 1460. The predicted octanol–water partition coefficient (Wildman–Crippen LogP) is 7.11. The second-order valence-electron chi connectivity index (χ2n) is 8.59. The molecule has 4 aromatic rings. The molecule has 5 nitrogen and oxygen atoms in total. The van der Waals surface area contributed by atoms with Gasteiger partial charge in [0.05, 0.1) is 28.5 Å². The van der Waals surface area contributed by atoms with Gasteiger partial charge in [-0.15, -0.1) is 0 Å². The summed E-state index contributed by atoms with van der Waals surface area (Å²) < 4.78 is 0. The molecule has 4 aromatic carbocycles. The minimum absolute atomic E-state index is 0.214. The molecule has 1 aliphatic rings. The summed E-state index contributed by atoms with van der Waals surface area (Å²) in [5, 5.41) is 6.60. The summed E-state index contributed by atoms with van der Waals surface area (Å²) in [5.41, 5.74) is 7.06. The van der Waals surface area contributed by atoms with Crippen molar-refractivity contribution in [3.8, 4) is 0 Å². The third kappa shape index (κ3) is 4.38. The van der Waals surface area contributed by atoms with Crippen molar-refractivity contribution in [3.05, 3.63) is 118 Å². The Hall–Kier alpha value is -4.09. The third-order valence-corrected chi connectivity index (χ3v) is 6.67. The van der Waals surface area contributed by atoms with Crippen LogP contribution in [0.1, 0.15) is 37.4 Å². The number of aryl methyl sites for hydroxylation is 1. The normalized spacial score (nSPS) is 12.1. The minimum atomic E-state index is -0.217. The molecule has 1 heterocycles. The molecule has 0 spiro atoms. The van der Waals surface area contributed by atoms with E-state index in [4.69, 9.17) is 11.6 Å². The van der Waals surface area contributed by atoms with Crippen molar-refractivity contribution in [1.29, 1.82) is 0 Å². The number of hydrogen-bond donors (Lipinski definition) is 2. The van der Waals surface area contributed by atoms with Gasteiger partial charge in [0.15, 0.2) is 0 Å². The van der Waals surface area contributed by atoms with Crippen molar-refractivity contribution in [3.63, 3.8) is 0 Å². The lowest BCUT2D eigenvalue weighted by atomic mass is 10.0. The maximum atomic E-state index is 13.7. The lowest BCUT2D eigenvalue weighted by Gasteiger charge is -2.23. The zero-order valence-electron chi connectivity index (χ0n) is 19.4. The van der Waals surface area contributed by atoms with Crippen LogP contribution in [0.2, 0.25) is 5.02 Å². The topological polar surface area (TPSA) is 61.4 Å². The van der Waals surface area contributed by atoms with Crippen molar-refractivity contribution in [1.82, 2.24) is 0 Å². The van der Waals surface area contributed by atoms with Gasteiger partial charge in [0.1, 0.15) is 0 Å². The zero-order valence-corrected chi connectivity index (χ0v) is 20.2. The highest BCUT2D eigenvalue weighted by Gasteiger charge is 2.26. The fourth-order valence-corrected chi connectivity index (χ4v) is 4.55. The highest BCUT2D eigenvalue weighted by atomic mass is 35.5. The van der Waals surface area contributed by atoms with Crippen LogP contribution in [-0.2, 0) is 6.54 Å². The van der Waals surface area contributed by atoms with Crippen LogP contribution in [0.15, 0.2) is 84.9 Å². The number of nitrogens with zero attached hydrogens (tertiary/aromatic N) is 1. The first-order valence-electron chi connectivity index (χ1n) is 11.4. The SMILES string of the molecule is Cc1cccc(C(=O)Nc2ccc(C(=O)N3Cc4ccccc4Nc4ccccc43)c(Cl)c2)c1C. The molecule has 0 bridgehead atoms. The molecule has 2 amide bonds. The molecular weight excluding hydrogens is 458 g/mol. The molecule has 6 heteroatoms. The Balaban J connectivity index is 1.44. The second kappa shape index (κ2) is 9.28. The Morgan fingerprint density at radius 1 is 0.857 bits per heavy atom. The van der Waals surface area contributed by atoms with Gasteiger partial charge in [-0.2, -0.15) is 0 Å². The molecule has 0 aliphatic carbocycles. The van der Waals surface area contributed by atoms with Gasteiger partial charge in [-0.25, -0.2) is 0 Å². The van der Waals surface area contributed by atoms with Crippen LogP contribution in [0, 0.1) is 13.8 Å². The van der Waals surface area contributed by atoms with Crippen LogP contribution >= 0.6 is 11.6 Å². The summed E-state index contributed by atoms with van der Waals surface area (Å²) in [7, 11) is 0. The molecule has 174 valence electrons. The smallest absolute Gasteiger partial charge is 0.260 e. The summed E-state index contributed by atoms with van der Waals surface area (Å²) in [6.45, 7) is 4.30. The molecule has 2 N–H and O–H groups in total. The first-order valence-corrected chi connectivity index (χ1v) is 11.7. The number of benzene rings is 4. The Kier molecular flexibility index (Phi) is 6.01. The summed E-state index contributed by atoms with van der Waals surface area (Å²) in [6, 6.07) is 26.2. The molecule has 0 radical (unpaired) electrons. The summed E-state index contributed by atoms with van der Waals surface area (Å²) in [4.78, 5) is 28.3. The number of amides is 2. The van der Waals surface area contributed by atoms with Crippen molar-refractivity contribution in [2.24, 2.45) is 0 Å². The van der Waals surface area contributed by atoms with E-state index in [0.717, 1.165) is 33.8 Å². The monoisotopic (exact) mass is 481 g/mol. The van der Waals surface area contributed by atoms with E-state index in [2.05, 4.69) is 10.6 Å². The van der Waals surface area contributed by atoms with E-state index in [1.165, 1.54) is 0 Å². The van der Waals surface area contributed by atoms with Crippen molar-refractivity contribution < 1.29 is 9.59 Å². The lowest BCUT2D eigenvalue weighted by Crippen LogP contribution is -2.30. The fourth-order valence-electron chi connectivity index (χ4n) is 4.28. The maximum absolute atomic E-state index is 13.7. The number of halogens is 1. The average molecular weight is 482 g/mol. The second-order valence-corrected chi connectivity index (χ2v) is 8.99. The fraction of sp³-hybridized carbons (Fsp3) is 0.103. The molecule has 0 unspecified atom stereocenters. The van der Waals surface area contributed by atoms with Crippen LogP contribution < -0.4 is 15.5 Å². The standard InChI is InChI=1S/C29H24ClN3O2/c1-18-8-7-10-22(19(18)2)28(34)31-21-14-15-23(24(30)16-21)29(35)33-17-20-9-3-4-11-25(20)32-26-12-5-6-13-27(26)33/h3-16,32H,17H2,1-2H3,(H,31,34). The molecule has 0 saturated carbocycles. The maximum Gasteiger partial charge on any atom is 0.260 e. The van der Waals surface area contributed by atoms with E-state index in [-0.39, 0.29) is 16.8 Å². The number of para-hydroxylation sites is 3. The number of carbonyl (C=O) groups is 2. The van der Waals surface area contributed by atoms with Gasteiger partial charge in [-0.3, -0.25) is 9.59 Å². The van der Waals surface area contributed by atoms with Crippen LogP contribution in [0.25, 0.3) is 0 Å². The van der Waals surface area contributed by atoms with Crippen molar-refractivity contribution in [2.75, 3.05) is 15.5 Å². The van der Waals surface area contributed by atoms with E-state index in [1.54, 1.807) is 29.2 Å². The van der Waals surface area contributed by atoms with E-state index in [1.807, 2.05) is 74.5 Å². The highest BCUT2D eigenvalue weighted by molar-refractivity contribution is 6.35. The average Bonchev–Trinajstić information content (AvgIpc) is 3.02. The molecule has 0 fully saturated rings. The Morgan fingerprint density at radius 2 is 1.60 bits per heavy atom. The predicted molar refractivity (Wildman–Crippen MR) is 142 cm³/mol. The van der Waals surface area contributed by atoms with Gasteiger partial charge < -0.3 is 15.5 Å². The minimum Gasteiger partial charge on any atom is -0.354 e. The molecule has 0 saturated heterocycles. The van der Waals surface area contributed by atoms with E-state index in [9.17, 15) is 9.59 Å². The quantitative estimate of drug-likeness (QED) is 0.327. The zero-order chi connectivity index (χ0) is 24.5. The van der Waals surface area contributed by atoms with Gasteiger partial charge in [0, 0.05) is 16.9 Å². The largest absolute Gasteiger partial charge is 0.354 e. The number of hydrogen-bond acceptors (Lipinski definition) is 3. The molecule has 5 rings (SSSR count). The van der Waals surface area contributed by atoms with E-state index >= 15 is 0 Å². The molecule has 0 aromatic heterocycles. The number of anilines is 4. The van der Waals surface area contributed by atoms with Gasteiger partial charge >= 0.3 is 0 Å². The van der Waals surface area contributed by atoms with E-state index < -0.39 is 0 Å². The summed E-state index contributed by atoms with van der Waals surface area (Å²) in [6.07, 6.45) is 0. The van der Waals surface area contributed by atoms with Crippen LogP contribution in [0.3, 0.4) is 0 Å². The van der Waals surface area contributed by atoms with Gasteiger partial charge in [-0.05, 0) is 73.0 Å². The summed E-state index contributed by atoms with van der Waals surface area (Å²) >= 11 is 6.58. The number of carbonyl (C=O) groups excluding carboxylic acids is 2. The van der Waals surface area contributed by atoms with Crippen LogP contribution in [0.4, 0.5) is 22.7 Å². The molecule has 0 atom stereocenters. The highest BCUT2D eigenvalue weighted by Crippen LogP contribution is 2.37. The summed E-state index contributed by atoms with van der Waals surface area (Å²) in [5.74, 6) is -0.432. The van der Waals surface area contributed by atoms with Crippen LogP contribution in [0.5, 0.6) is 0 Å². The Morgan fingerprint density at radius 3 is 2.40 bits per heavy atom. The number of rotatable bonds is 3.